The quantitative estimate of drug-likeness (QED) is 0.0690. The molecule has 2 unspecified atom stereocenters. The van der Waals surface area contributed by atoms with Crippen molar-refractivity contribution >= 4 is 73.1 Å². The summed E-state index contributed by atoms with van der Waals surface area (Å²) >= 11 is 0. The van der Waals surface area contributed by atoms with Gasteiger partial charge in [0.25, 0.3) is 0 Å². The summed E-state index contributed by atoms with van der Waals surface area (Å²) in [4.78, 5) is 86.6. The number of piperazine rings is 2. The van der Waals surface area contributed by atoms with Gasteiger partial charge >= 0.3 is 23.3 Å². The zero-order chi connectivity index (χ0) is 65.5. The monoisotopic (exact) mass is 1250 g/mol. The van der Waals surface area contributed by atoms with Gasteiger partial charge in [-0.25, -0.2) is 19.2 Å². The second kappa shape index (κ2) is 25.9. The summed E-state index contributed by atoms with van der Waals surface area (Å²) in [5.74, 6) is 1.28. The summed E-state index contributed by atoms with van der Waals surface area (Å²) in [6, 6.07) is 20.7. The predicted octanol–water partition coefficient (Wildman–Crippen LogP) is 10.1. The molecule has 2 saturated heterocycles. The van der Waals surface area contributed by atoms with Gasteiger partial charge in [0.1, 0.15) is 23.1 Å². The van der Waals surface area contributed by atoms with Gasteiger partial charge in [-0.15, -0.1) is 0 Å². The fourth-order valence-corrected chi connectivity index (χ4v) is 13.4. The second-order valence-electron chi connectivity index (χ2n) is 24.4. The molecule has 22 heteroatoms. The van der Waals surface area contributed by atoms with Crippen LogP contribution in [0, 0.1) is 27.7 Å². The molecule has 0 aliphatic carbocycles. The molecule has 10 aromatic rings. The third-order valence-electron chi connectivity index (χ3n) is 17.8. The first-order chi connectivity index (χ1) is 44.9. The standard InChI is InChI=1S/C34H35N7O3.C31H33N7O2.C6H6O3/c1-6-28(42)39-12-13-40-23(18-39)10-14-44-27-16-22(29-20(4)7-8-25-24(29)17-36-38-25)15-26-30(27)33(40)37-34(43)41(26)32-21(5)9-11-35-31(32)19(2)3;1-17(2)28-29(19(4)7-9-33-28)38-24-13-20(26-18(3)5-6-23-22(26)16-34-36-23)14-25-27(24)30(35-31(38)39)37-11-10-32-15-21(37)8-12-40-25;1-3-5(7)9-6(8)4-2/h6-9,11,15-17,19,23H,1,10,12-14,18H2,2-5H3,(H,36,38);5-7,9,13-14,16-17,21,32H,8,10-12,15H2,1-4H3,(H,34,36);3-4H,1-2H2. The summed E-state index contributed by atoms with van der Waals surface area (Å²) in [6.45, 7) is 31.5. The van der Waals surface area contributed by atoms with Crippen molar-refractivity contribution in [1.29, 1.82) is 0 Å². The van der Waals surface area contributed by atoms with Gasteiger partial charge in [-0.05, 0) is 139 Å². The minimum absolute atomic E-state index is 0.0558. The molecule has 0 radical (unpaired) electrons. The Morgan fingerprint density at radius 3 is 1.57 bits per heavy atom. The van der Waals surface area contributed by atoms with Crippen LogP contribution in [-0.4, -0.2) is 137 Å². The molecule has 6 aromatic heterocycles. The number of hydrogen-bond donors (Lipinski definition) is 3. The van der Waals surface area contributed by atoms with Gasteiger partial charge in [0, 0.05) is 93.5 Å². The van der Waals surface area contributed by atoms with E-state index in [4.69, 9.17) is 29.4 Å². The van der Waals surface area contributed by atoms with E-state index in [0.29, 0.717) is 62.2 Å². The maximum absolute atomic E-state index is 14.3. The molecule has 4 aliphatic rings. The van der Waals surface area contributed by atoms with Crippen LogP contribution < -0.4 is 36.0 Å². The highest BCUT2D eigenvalue weighted by Gasteiger charge is 2.36. The molecule has 4 aliphatic heterocycles. The number of nitrogens with zero attached hydrogens (tertiary/aromatic N) is 11. The third-order valence-corrected chi connectivity index (χ3v) is 17.8. The summed E-state index contributed by atoms with van der Waals surface area (Å²) in [7, 11) is 0. The Balaban J connectivity index is 0.000000159. The van der Waals surface area contributed by atoms with E-state index in [2.05, 4.69) is 138 Å². The number of rotatable bonds is 9. The SMILES string of the molecule is C=CC(=O)N1CCN2c3nc(=O)n(-c4c(C)ccnc4C(C)C)c4cc(-c5c(C)ccc6[nH]ncc56)cc(c34)OCCC2C1.C=CC(=O)OC(=O)C=C.Cc1ccnc(C(C)C)c1-n1c(=O)nc2c3c(cc(-c4c(C)ccc5[nH]ncc45)cc31)OCCC1CNCCN21. The van der Waals surface area contributed by atoms with E-state index >= 15 is 0 Å². The number of anilines is 2. The third kappa shape index (κ3) is 11.7. The van der Waals surface area contributed by atoms with E-state index in [9.17, 15) is 24.0 Å². The first-order valence-corrected chi connectivity index (χ1v) is 31.3. The number of amides is 1. The molecule has 0 spiro atoms. The average Bonchev–Trinajstić information content (AvgIpc) is 1.02. The zero-order valence-corrected chi connectivity index (χ0v) is 53.5. The van der Waals surface area contributed by atoms with Crippen molar-refractivity contribution in [1.82, 2.24) is 59.7 Å². The Morgan fingerprint density at radius 2 is 1.10 bits per heavy atom. The number of esters is 2. The molecule has 1 amide bonds. The smallest absolute Gasteiger partial charge is 0.354 e. The lowest BCUT2D eigenvalue weighted by atomic mass is 9.95. The molecule has 2 fully saturated rings. The fourth-order valence-electron chi connectivity index (χ4n) is 13.4. The van der Waals surface area contributed by atoms with Gasteiger partial charge in [0.2, 0.25) is 5.91 Å². The molecular weight excluding hydrogens is 1180 g/mol. The number of ether oxygens (including phenoxy) is 3. The number of fused-ring (bicyclic) bond motifs is 6. The molecule has 10 heterocycles. The van der Waals surface area contributed by atoms with Gasteiger partial charge in [-0.1, -0.05) is 59.6 Å². The Bertz CT molecular complexity index is 4770. The normalized spacial score (nSPS) is 15.9. The lowest BCUT2D eigenvalue weighted by Gasteiger charge is -2.43. The van der Waals surface area contributed by atoms with Crippen molar-refractivity contribution in [3.05, 3.63) is 178 Å². The second-order valence-corrected chi connectivity index (χ2v) is 24.4. The van der Waals surface area contributed by atoms with E-state index in [-0.39, 0.29) is 41.2 Å². The molecule has 0 bridgehead atoms. The van der Waals surface area contributed by atoms with Gasteiger partial charge < -0.3 is 34.2 Å². The van der Waals surface area contributed by atoms with Crippen LogP contribution in [0.5, 0.6) is 11.5 Å². The maximum atomic E-state index is 14.3. The number of benzene rings is 4. The molecule has 3 N–H and O–H groups in total. The van der Waals surface area contributed by atoms with Crippen molar-refractivity contribution in [2.75, 3.05) is 62.3 Å². The molecule has 2 atom stereocenters. The van der Waals surface area contributed by atoms with Gasteiger partial charge in [0.05, 0.1) is 87.3 Å². The van der Waals surface area contributed by atoms with Crippen LogP contribution in [0.25, 0.3) is 77.2 Å². The van der Waals surface area contributed by atoms with Crippen LogP contribution in [0.2, 0.25) is 0 Å². The Labute approximate surface area is 536 Å². The lowest BCUT2D eigenvalue weighted by Crippen LogP contribution is -2.56. The van der Waals surface area contributed by atoms with Crippen LogP contribution in [0.1, 0.15) is 86.0 Å². The summed E-state index contributed by atoms with van der Waals surface area (Å²) in [5.41, 5.74) is 14.0. The average molecular weight is 1250 g/mol. The summed E-state index contributed by atoms with van der Waals surface area (Å²) < 4.78 is 20.6. The number of carbonyl (C=O) groups is 3. The largest absolute Gasteiger partial charge is 0.493 e. The Hall–Kier alpha value is -10.6. The number of hydrogen-bond acceptors (Lipinski definition) is 17. The maximum Gasteiger partial charge on any atom is 0.354 e. The van der Waals surface area contributed by atoms with E-state index in [1.165, 1.54) is 6.08 Å². The summed E-state index contributed by atoms with van der Waals surface area (Å²) in [5, 5.41) is 22.0. The number of aromatic amines is 2. The fraction of sp³-hybridized carbons (Fsp3) is 0.310. The van der Waals surface area contributed by atoms with Gasteiger partial charge in [-0.2, -0.15) is 20.2 Å². The zero-order valence-electron chi connectivity index (χ0n) is 53.5. The molecular formula is C71H74N14O8. The Morgan fingerprint density at radius 1 is 0.613 bits per heavy atom. The first kappa shape index (κ1) is 62.6. The molecule has 4 aromatic carbocycles. The number of nitrogens with one attached hydrogen (secondary N) is 3. The number of aromatic nitrogens is 10. The molecule has 22 nitrogen and oxygen atoms in total. The highest BCUT2D eigenvalue weighted by Crippen LogP contribution is 2.45. The highest BCUT2D eigenvalue weighted by atomic mass is 16.6. The number of aryl methyl sites for hydroxylation is 4. The van der Waals surface area contributed by atoms with Crippen LogP contribution in [-0.2, 0) is 19.1 Å². The molecule has 476 valence electrons. The van der Waals surface area contributed by atoms with Crippen molar-refractivity contribution in [3.8, 4) is 45.1 Å². The van der Waals surface area contributed by atoms with E-state index in [1.807, 2.05) is 56.7 Å². The van der Waals surface area contributed by atoms with E-state index in [1.54, 1.807) is 20.2 Å². The number of carbonyl (C=O) groups excluding carboxylic acids is 3. The van der Waals surface area contributed by atoms with Crippen LogP contribution in [0.15, 0.2) is 133 Å². The van der Waals surface area contributed by atoms with Crippen molar-refractivity contribution in [3.63, 3.8) is 0 Å². The molecule has 93 heavy (non-hydrogen) atoms. The van der Waals surface area contributed by atoms with Crippen LogP contribution >= 0.6 is 0 Å². The summed E-state index contributed by atoms with van der Waals surface area (Å²) in [6.07, 6.45) is 12.0. The lowest BCUT2D eigenvalue weighted by molar-refractivity contribution is -0.152. The first-order valence-electron chi connectivity index (χ1n) is 31.3. The van der Waals surface area contributed by atoms with Gasteiger partial charge in [-0.3, -0.25) is 34.1 Å². The Kier molecular flexibility index (Phi) is 17.5. The predicted molar refractivity (Wildman–Crippen MR) is 361 cm³/mol. The van der Waals surface area contributed by atoms with Gasteiger partial charge in [0.15, 0.2) is 0 Å². The highest BCUT2D eigenvalue weighted by molar-refractivity contribution is 6.05. The number of pyridine rings is 2. The van der Waals surface area contributed by atoms with Crippen LogP contribution in [0.4, 0.5) is 11.6 Å². The van der Waals surface area contributed by atoms with E-state index < -0.39 is 11.9 Å². The molecule has 14 rings (SSSR count). The van der Waals surface area contributed by atoms with Crippen molar-refractivity contribution in [2.24, 2.45) is 0 Å². The topological polar surface area (TPSA) is 254 Å². The molecule has 0 saturated carbocycles. The van der Waals surface area contributed by atoms with Crippen molar-refractivity contribution in [2.45, 2.75) is 92.2 Å². The minimum atomic E-state index is -0.764. The van der Waals surface area contributed by atoms with Crippen molar-refractivity contribution < 1.29 is 28.6 Å². The van der Waals surface area contributed by atoms with E-state index in [0.717, 1.165) is 149 Å². The minimum Gasteiger partial charge on any atom is -0.493 e. The van der Waals surface area contributed by atoms with Crippen LogP contribution in [0.3, 0.4) is 0 Å². The number of H-pyrrole nitrogens is 2.